The molecule has 0 N–H and O–H groups in total. The van der Waals surface area contributed by atoms with Crippen molar-refractivity contribution < 1.29 is 19.1 Å². The molecule has 2 aromatic rings. The number of hydrazone groups is 1. The summed E-state index contributed by atoms with van der Waals surface area (Å²) in [4.78, 5) is 25.9. The molecule has 0 radical (unpaired) electrons. The second-order valence-electron chi connectivity index (χ2n) is 8.74. The van der Waals surface area contributed by atoms with E-state index in [2.05, 4.69) is 17.3 Å². The van der Waals surface area contributed by atoms with Gasteiger partial charge in [0.2, 0.25) is 0 Å². The van der Waals surface area contributed by atoms with Crippen molar-refractivity contribution in [3.05, 3.63) is 69.7 Å². The average Bonchev–Trinajstić information content (AvgIpc) is 3.11. The van der Waals surface area contributed by atoms with Crippen molar-refractivity contribution in [2.24, 2.45) is 28.8 Å². The fraction of sp³-hybridized carbons (Fsp3) is 0.346. The Kier molecular flexibility index (Phi) is 6.36. The summed E-state index contributed by atoms with van der Waals surface area (Å²) in [5.74, 6) is 0.415. The van der Waals surface area contributed by atoms with Crippen molar-refractivity contribution in [1.29, 1.82) is 0 Å². The third kappa shape index (κ3) is 4.21. The minimum atomic E-state index is -0.275. The largest absolute Gasteiger partial charge is 0.490 e. The van der Waals surface area contributed by atoms with Crippen molar-refractivity contribution in [2.45, 2.75) is 26.4 Å². The lowest BCUT2D eigenvalue weighted by Gasteiger charge is -2.37. The Morgan fingerprint density at radius 1 is 0.971 bits per heavy atom. The van der Waals surface area contributed by atoms with E-state index >= 15 is 0 Å². The molecule has 2 bridgehead atoms. The van der Waals surface area contributed by atoms with Crippen molar-refractivity contribution in [1.82, 2.24) is 5.01 Å². The van der Waals surface area contributed by atoms with Crippen LogP contribution >= 0.6 is 23.2 Å². The maximum absolute atomic E-state index is 12.9. The Labute approximate surface area is 208 Å². The van der Waals surface area contributed by atoms with Gasteiger partial charge in [0.25, 0.3) is 11.8 Å². The fourth-order valence-electron chi connectivity index (χ4n) is 5.08. The molecule has 2 amide bonds. The molecule has 1 heterocycles. The van der Waals surface area contributed by atoms with Gasteiger partial charge in [-0.3, -0.25) is 9.59 Å². The molecule has 0 unspecified atom stereocenters. The zero-order valence-corrected chi connectivity index (χ0v) is 20.1. The topological polar surface area (TPSA) is 68.2 Å². The number of amides is 2. The van der Waals surface area contributed by atoms with Crippen LogP contribution in [0.3, 0.4) is 0 Å². The molecular weight excluding hydrogens is 475 g/mol. The van der Waals surface area contributed by atoms with Crippen LogP contribution in [0.1, 0.15) is 30.9 Å². The lowest BCUT2D eigenvalue weighted by atomic mass is 9.63. The molecule has 8 heteroatoms. The summed E-state index contributed by atoms with van der Waals surface area (Å²) in [5.41, 5.74) is 1.49. The van der Waals surface area contributed by atoms with Crippen LogP contribution in [-0.4, -0.2) is 29.6 Å². The van der Waals surface area contributed by atoms with Crippen LogP contribution < -0.4 is 9.47 Å². The second-order valence-corrected chi connectivity index (χ2v) is 9.58. The van der Waals surface area contributed by atoms with Crippen LogP contribution in [0.2, 0.25) is 10.0 Å². The number of benzene rings is 2. The normalized spacial score (nSPS) is 25.3. The van der Waals surface area contributed by atoms with Crippen molar-refractivity contribution in [2.75, 3.05) is 6.61 Å². The Hall–Kier alpha value is -2.83. The molecule has 0 spiro atoms. The third-order valence-electron chi connectivity index (χ3n) is 6.72. The lowest BCUT2D eigenvalue weighted by Crippen LogP contribution is -2.38. The average molecular weight is 499 g/mol. The molecule has 0 aromatic heterocycles. The van der Waals surface area contributed by atoms with E-state index in [1.807, 2.05) is 13.0 Å². The number of hydrogen-bond acceptors (Lipinski definition) is 5. The third-order valence-corrected chi connectivity index (χ3v) is 7.31. The highest BCUT2D eigenvalue weighted by atomic mass is 35.5. The standard InChI is InChI=1S/C26H24Cl2N2O4/c1-2-33-22-11-15(3-10-21(22)34-14-18-8-9-19(27)12-20(18)28)13-29-30-25(31)23-16-4-5-17(7-6-16)24(23)26(30)32/h3-5,8-13,16-17,23-24H,2,6-7,14H2,1H3/b29-13-/t16-,17-,23+,24+/m1/s1. The Balaban J connectivity index is 1.32. The van der Waals surface area contributed by atoms with Gasteiger partial charge in [0.1, 0.15) is 6.61 Å². The Morgan fingerprint density at radius 3 is 2.29 bits per heavy atom. The molecule has 6 nitrogen and oxygen atoms in total. The molecule has 1 saturated carbocycles. The first-order valence-corrected chi connectivity index (χ1v) is 12.2. The van der Waals surface area contributed by atoms with Gasteiger partial charge in [0.05, 0.1) is 24.7 Å². The predicted molar refractivity (Wildman–Crippen MR) is 130 cm³/mol. The van der Waals surface area contributed by atoms with E-state index in [9.17, 15) is 9.59 Å². The van der Waals surface area contributed by atoms with Crippen LogP contribution in [0.15, 0.2) is 53.7 Å². The van der Waals surface area contributed by atoms with Gasteiger partial charge in [0, 0.05) is 15.6 Å². The number of allylic oxidation sites excluding steroid dienone is 2. The summed E-state index contributed by atoms with van der Waals surface area (Å²) in [6.45, 7) is 2.58. The zero-order chi connectivity index (χ0) is 23.8. The highest BCUT2D eigenvalue weighted by Gasteiger charge is 2.56. The van der Waals surface area contributed by atoms with E-state index in [0.717, 1.165) is 23.4 Å². The van der Waals surface area contributed by atoms with Crippen molar-refractivity contribution in [3.63, 3.8) is 0 Å². The van der Waals surface area contributed by atoms with E-state index in [1.165, 1.54) is 6.21 Å². The summed E-state index contributed by atoms with van der Waals surface area (Å²) < 4.78 is 11.7. The Morgan fingerprint density at radius 2 is 1.68 bits per heavy atom. The fourth-order valence-corrected chi connectivity index (χ4v) is 5.55. The van der Waals surface area contributed by atoms with Crippen LogP contribution in [0, 0.1) is 23.7 Å². The first-order chi connectivity index (χ1) is 16.5. The second kappa shape index (κ2) is 9.43. The molecule has 2 fully saturated rings. The number of fused-ring (bicyclic) bond motifs is 1. The highest BCUT2D eigenvalue weighted by molar-refractivity contribution is 6.35. The van der Waals surface area contributed by atoms with Gasteiger partial charge in [-0.1, -0.05) is 41.4 Å². The van der Waals surface area contributed by atoms with E-state index in [0.29, 0.717) is 33.7 Å². The quantitative estimate of drug-likeness (QED) is 0.287. The first-order valence-electron chi connectivity index (χ1n) is 11.4. The Bertz CT molecular complexity index is 1160. The molecule has 6 rings (SSSR count). The molecule has 2 aromatic carbocycles. The summed E-state index contributed by atoms with van der Waals surface area (Å²) in [6, 6.07) is 10.6. The van der Waals surface area contributed by atoms with Crippen LogP contribution in [0.4, 0.5) is 0 Å². The van der Waals surface area contributed by atoms with Crippen LogP contribution in [0.5, 0.6) is 11.5 Å². The van der Waals surface area contributed by atoms with Gasteiger partial charge in [-0.25, -0.2) is 0 Å². The monoisotopic (exact) mass is 498 g/mol. The van der Waals surface area contributed by atoms with E-state index < -0.39 is 0 Å². The minimum Gasteiger partial charge on any atom is -0.490 e. The van der Waals surface area contributed by atoms with Crippen molar-refractivity contribution >= 4 is 41.2 Å². The molecule has 4 aliphatic rings. The van der Waals surface area contributed by atoms with Crippen molar-refractivity contribution in [3.8, 4) is 11.5 Å². The van der Waals surface area contributed by atoms with Gasteiger partial charge in [0.15, 0.2) is 11.5 Å². The number of halogens is 2. The van der Waals surface area contributed by atoms with E-state index in [4.69, 9.17) is 32.7 Å². The van der Waals surface area contributed by atoms with Crippen LogP contribution in [0.25, 0.3) is 0 Å². The van der Waals surface area contributed by atoms with Gasteiger partial charge in [-0.05, 0) is 67.5 Å². The number of hydrogen-bond donors (Lipinski definition) is 0. The highest BCUT2D eigenvalue weighted by Crippen LogP contribution is 2.49. The molecule has 176 valence electrons. The number of carbonyl (C=O) groups excluding carboxylic acids is 2. The lowest BCUT2D eigenvalue weighted by molar-refractivity contribution is -0.140. The summed E-state index contributed by atoms with van der Waals surface area (Å²) in [7, 11) is 0. The molecular formula is C26H24Cl2N2O4. The zero-order valence-electron chi connectivity index (χ0n) is 18.6. The number of imide groups is 1. The maximum Gasteiger partial charge on any atom is 0.254 e. The molecule has 1 aliphatic heterocycles. The summed E-state index contributed by atoms with van der Waals surface area (Å²) >= 11 is 12.2. The summed E-state index contributed by atoms with van der Waals surface area (Å²) in [5, 5.41) is 6.42. The van der Waals surface area contributed by atoms with Gasteiger partial charge >= 0.3 is 0 Å². The van der Waals surface area contributed by atoms with Gasteiger partial charge in [-0.15, -0.1) is 0 Å². The number of nitrogens with zero attached hydrogens (tertiary/aromatic N) is 2. The molecule has 1 saturated heterocycles. The molecule has 4 atom stereocenters. The SMILES string of the molecule is CCOc1cc(/C=N\N2C(=O)[C@@H]3[C@@H](C2=O)[C@@H]2C=C[C@@H]3CC2)ccc1OCc1ccc(Cl)cc1Cl. The van der Waals surface area contributed by atoms with Gasteiger partial charge in [-0.2, -0.15) is 10.1 Å². The maximum atomic E-state index is 12.9. The van der Waals surface area contributed by atoms with Gasteiger partial charge < -0.3 is 9.47 Å². The number of rotatable bonds is 7. The number of ether oxygens (including phenoxy) is 2. The summed E-state index contributed by atoms with van der Waals surface area (Å²) in [6.07, 6.45) is 7.62. The minimum absolute atomic E-state index is 0.141. The van der Waals surface area contributed by atoms with Crippen LogP contribution in [-0.2, 0) is 16.2 Å². The predicted octanol–water partition coefficient (Wildman–Crippen LogP) is 5.50. The smallest absolute Gasteiger partial charge is 0.254 e. The number of carbonyl (C=O) groups is 2. The first kappa shape index (κ1) is 22.9. The molecule has 34 heavy (non-hydrogen) atoms. The van der Waals surface area contributed by atoms with E-state index in [-0.39, 0.29) is 42.1 Å². The molecule has 3 aliphatic carbocycles. The van der Waals surface area contributed by atoms with E-state index in [1.54, 1.807) is 30.3 Å².